The molecule has 3 fully saturated rings. The lowest BCUT2D eigenvalue weighted by atomic mass is 9.95. The highest BCUT2D eigenvalue weighted by molar-refractivity contribution is 6.99. The molecule has 2 aliphatic heterocycles. The largest absolute Gasteiger partial charge is 0.400 e. The number of hydrogen-bond acceptors (Lipinski definition) is 7. The SMILES string of the molecule is CC(C)(C)[Si](O[C@@H]1COC[C@]1(C)N1CCN(c2cc3cc(NC(=O)[C@H]4C[C@]4(C)c4ccccn4)ncc3cc2Cl)CC1)(c1ccccc1)c1ccccc1. The van der Waals surface area contributed by atoms with Gasteiger partial charge >= 0.3 is 0 Å². The number of pyridine rings is 2. The molecule has 4 heterocycles. The molecule has 280 valence electrons. The fourth-order valence-electron chi connectivity index (χ4n) is 8.87. The van der Waals surface area contributed by atoms with Gasteiger partial charge in [-0.05, 0) is 64.5 Å². The molecule has 0 bridgehead atoms. The molecule has 10 heteroatoms. The lowest BCUT2D eigenvalue weighted by Gasteiger charge is -2.50. The molecule has 8 nitrogen and oxygen atoms in total. The van der Waals surface area contributed by atoms with Crippen LogP contribution in [-0.2, 0) is 19.4 Å². The van der Waals surface area contributed by atoms with Gasteiger partial charge in [-0.2, -0.15) is 0 Å². The molecule has 0 unspecified atom stereocenters. The summed E-state index contributed by atoms with van der Waals surface area (Å²) in [5.74, 6) is 0.381. The van der Waals surface area contributed by atoms with Crippen molar-refractivity contribution in [3.63, 3.8) is 0 Å². The van der Waals surface area contributed by atoms with Crippen LogP contribution in [0.3, 0.4) is 0 Å². The third-order valence-electron chi connectivity index (χ3n) is 12.3. The Hall–Kier alpha value is -4.12. The molecule has 1 aliphatic carbocycles. The number of carbonyl (C=O) groups is 1. The van der Waals surface area contributed by atoms with E-state index in [1.54, 1.807) is 12.4 Å². The summed E-state index contributed by atoms with van der Waals surface area (Å²) in [6.07, 6.45) is 4.24. The third kappa shape index (κ3) is 6.54. The molecule has 4 atom stereocenters. The Morgan fingerprint density at radius 2 is 1.56 bits per heavy atom. The summed E-state index contributed by atoms with van der Waals surface area (Å²) in [6.45, 7) is 15.9. The topological polar surface area (TPSA) is 79.8 Å². The number of fused-ring (bicyclic) bond motifs is 1. The van der Waals surface area contributed by atoms with Crippen LogP contribution in [-0.4, -0.2) is 80.1 Å². The van der Waals surface area contributed by atoms with E-state index in [-0.39, 0.29) is 33.9 Å². The average molecular weight is 760 g/mol. The second-order valence-corrected chi connectivity index (χ2v) is 21.4. The summed E-state index contributed by atoms with van der Waals surface area (Å²) < 4.78 is 14.0. The molecule has 1 saturated carbocycles. The highest BCUT2D eigenvalue weighted by atomic mass is 35.5. The number of hydrogen-bond donors (Lipinski definition) is 1. The van der Waals surface area contributed by atoms with Crippen LogP contribution in [0.25, 0.3) is 10.8 Å². The zero-order valence-corrected chi connectivity index (χ0v) is 33.6. The molecule has 0 radical (unpaired) electrons. The molecule has 2 aromatic heterocycles. The Bertz CT molecular complexity index is 2090. The van der Waals surface area contributed by atoms with Crippen LogP contribution in [0.1, 0.15) is 46.7 Å². The zero-order valence-electron chi connectivity index (χ0n) is 31.9. The first-order chi connectivity index (χ1) is 25.9. The third-order valence-corrected chi connectivity index (χ3v) is 17.6. The van der Waals surface area contributed by atoms with Crippen molar-refractivity contribution in [3.05, 3.63) is 120 Å². The number of amides is 1. The first-order valence-corrected chi connectivity index (χ1v) is 21.4. The van der Waals surface area contributed by atoms with Gasteiger partial charge in [0.15, 0.2) is 0 Å². The van der Waals surface area contributed by atoms with Crippen molar-refractivity contribution in [2.24, 2.45) is 5.92 Å². The monoisotopic (exact) mass is 759 g/mol. The van der Waals surface area contributed by atoms with Gasteiger partial charge < -0.3 is 19.4 Å². The van der Waals surface area contributed by atoms with E-state index >= 15 is 0 Å². The minimum atomic E-state index is -2.78. The molecule has 8 rings (SSSR count). The molecule has 2 saturated heterocycles. The maximum absolute atomic E-state index is 13.3. The van der Waals surface area contributed by atoms with E-state index in [1.807, 2.05) is 30.3 Å². The van der Waals surface area contributed by atoms with Gasteiger partial charge in [0.05, 0.1) is 41.5 Å². The Kier molecular flexibility index (Phi) is 9.67. The van der Waals surface area contributed by atoms with Gasteiger partial charge in [0, 0.05) is 55.1 Å². The van der Waals surface area contributed by atoms with Gasteiger partial charge in [-0.15, -0.1) is 0 Å². The van der Waals surface area contributed by atoms with Crippen LogP contribution >= 0.6 is 11.6 Å². The summed E-state index contributed by atoms with van der Waals surface area (Å²) >= 11 is 6.95. The van der Waals surface area contributed by atoms with E-state index in [1.165, 1.54) is 10.4 Å². The minimum absolute atomic E-state index is 0.0260. The number of piperazine rings is 1. The van der Waals surface area contributed by atoms with Crippen molar-refractivity contribution < 1.29 is 14.0 Å². The van der Waals surface area contributed by atoms with Gasteiger partial charge in [-0.25, -0.2) is 4.98 Å². The molecule has 0 spiro atoms. The summed E-state index contributed by atoms with van der Waals surface area (Å²) in [5, 5.41) is 8.13. The summed E-state index contributed by atoms with van der Waals surface area (Å²) in [4.78, 5) is 27.3. The van der Waals surface area contributed by atoms with Crippen LogP contribution < -0.4 is 20.6 Å². The Morgan fingerprint density at radius 1 is 0.889 bits per heavy atom. The first kappa shape index (κ1) is 36.8. The Morgan fingerprint density at radius 3 is 2.19 bits per heavy atom. The lowest BCUT2D eigenvalue weighted by Crippen LogP contribution is -2.71. The highest BCUT2D eigenvalue weighted by Crippen LogP contribution is 2.53. The molecule has 5 aromatic rings. The maximum Gasteiger partial charge on any atom is 0.261 e. The van der Waals surface area contributed by atoms with E-state index in [0.29, 0.717) is 24.1 Å². The summed E-state index contributed by atoms with van der Waals surface area (Å²) in [7, 11) is -2.78. The quantitative estimate of drug-likeness (QED) is 0.161. The second kappa shape index (κ2) is 14.2. The number of anilines is 2. The number of ether oxygens (including phenoxy) is 1. The van der Waals surface area contributed by atoms with Crippen molar-refractivity contribution in [2.45, 2.75) is 63.1 Å². The van der Waals surface area contributed by atoms with E-state index in [0.717, 1.165) is 54.8 Å². The van der Waals surface area contributed by atoms with Crippen LogP contribution in [0.5, 0.6) is 0 Å². The van der Waals surface area contributed by atoms with Crippen molar-refractivity contribution in [2.75, 3.05) is 49.6 Å². The predicted molar refractivity (Wildman–Crippen MR) is 221 cm³/mol. The number of rotatable bonds is 9. The average Bonchev–Trinajstić information content (AvgIpc) is 3.76. The summed E-state index contributed by atoms with van der Waals surface area (Å²) in [5.41, 5.74) is 1.40. The van der Waals surface area contributed by atoms with Crippen molar-refractivity contribution in [3.8, 4) is 0 Å². The zero-order chi connectivity index (χ0) is 37.7. The molecule has 3 aromatic carbocycles. The van der Waals surface area contributed by atoms with Gasteiger partial charge in [0.1, 0.15) is 5.82 Å². The fourth-order valence-corrected chi connectivity index (χ4v) is 13.9. The smallest absolute Gasteiger partial charge is 0.261 e. The number of carbonyl (C=O) groups excluding carboxylic acids is 1. The molecule has 1 N–H and O–H groups in total. The van der Waals surface area contributed by atoms with Crippen LogP contribution in [0, 0.1) is 5.92 Å². The van der Waals surface area contributed by atoms with Crippen LogP contribution in [0.2, 0.25) is 10.1 Å². The van der Waals surface area contributed by atoms with Crippen molar-refractivity contribution in [1.82, 2.24) is 14.9 Å². The molecule has 1 amide bonds. The number of aromatic nitrogens is 2. The Labute approximate surface area is 325 Å². The molecular weight excluding hydrogens is 710 g/mol. The van der Waals surface area contributed by atoms with Gasteiger partial charge in [-0.1, -0.05) is 106 Å². The van der Waals surface area contributed by atoms with E-state index in [2.05, 4.69) is 126 Å². The van der Waals surface area contributed by atoms with Crippen LogP contribution in [0.15, 0.2) is 109 Å². The number of benzene rings is 3. The Balaban J connectivity index is 0.989. The van der Waals surface area contributed by atoms with Gasteiger partial charge in [-0.3, -0.25) is 14.7 Å². The van der Waals surface area contributed by atoms with E-state index in [9.17, 15) is 4.79 Å². The molecule has 54 heavy (non-hydrogen) atoms. The lowest BCUT2D eigenvalue weighted by molar-refractivity contribution is -0.117. The standard InChI is InChI=1S/C44H50ClN5O3Si/c1-42(2,3)54(33-14-8-6-9-15-33,34-16-10-7-11-17-34)53-39-29-52-30-44(39,5)50-22-20-49(21-23-50)37-25-31-26-40(47-28-32(31)24-36(37)45)48-41(51)35-27-43(35,4)38-18-12-13-19-46-38/h6-19,24-26,28,35,39H,20-23,27,29-30H2,1-5H3,(H,47,48,51)/t35-,39-,43+,44+/m1/s1. The second-order valence-electron chi connectivity index (χ2n) is 16.7. The van der Waals surface area contributed by atoms with E-state index in [4.69, 9.17) is 20.8 Å². The number of nitrogens with one attached hydrogen (secondary N) is 1. The highest BCUT2D eigenvalue weighted by Gasteiger charge is 2.57. The fraction of sp³-hybridized carbons (Fsp3) is 0.386. The minimum Gasteiger partial charge on any atom is -0.400 e. The molecule has 3 aliphatic rings. The predicted octanol–water partition coefficient (Wildman–Crippen LogP) is 7.06. The number of halogens is 1. The van der Waals surface area contributed by atoms with Crippen molar-refractivity contribution in [1.29, 1.82) is 0 Å². The van der Waals surface area contributed by atoms with Crippen LogP contribution in [0.4, 0.5) is 11.5 Å². The van der Waals surface area contributed by atoms with Gasteiger partial charge in [0.2, 0.25) is 5.91 Å². The first-order valence-electron chi connectivity index (χ1n) is 19.1. The normalized spacial score (nSPS) is 24.8. The maximum atomic E-state index is 13.3. The molecular formula is C44H50ClN5O3Si. The number of nitrogens with zero attached hydrogens (tertiary/aromatic N) is 4. The van der Waals surface area contributed by atoms with Gasteiger partial charge in [0.25, 0.3) is 8.32 Å². The van der Waals surface area contributed by atoms with Crippen molar-refractivity contribution >= 4 is 58.5 Å². The summed E-state index contributed by atoms with van der Waals surface area (Å²) in [6, 6.07) is 33.7. The van der Waals surface area contributed by atoms with E-state index < -0.39 is 8.32 Å².